The lowest BCUT2D eigenvalue weighted by molar-refractivity contribution is -0.136. The van der Waals surface area contributed by atoms with E-state index in [1.807, 2.05) is 30.3 Å². The number of amides is 2. The molecular formula is C19H26N2O3. The zero-order chi connectivity index (χ0) is 17.0. The molecule has 2 fully saturated rings. The molecule has 2 amide bonds. The van der Waals surface area contributed by atoms with Crippen molar-refractivity contribution in [3.8, 4) is 0 Å². The molecule has 5 nitrogen and oxygen atoms in total. The maximum atomic E-state index is 12.5. The molecule has 1 saturated heterocycles. The summed E-state index contributed by atoms with van der Waals surface area (Å²) in [6.07, 6.45) is 4.59. The Morgan fingerprint density at radius 2 is 1.96 bits per heavy atom. The average molecular weight is 330 g/mol. The number of aliphatic hydroxyl groups is 1. The van der Waals surface area contributed by atoms with Gasteiger partial charge in [-0.15, -0.1) is 0 Å². The molecule has 3 rings (SSSR count). The minimum absolute atomic E-state index is 0.0347. The second kappa shape index (κ2) is 7.34. The second-order valence-corrected chi connectivity index (χ2v) is 7.14. The van der Waals surface area contributed by atoms with Crippen LogP contribution in [0.25, 0.3) is 0 Å². The van der Waals surface area contributed by atoms with Crippen molar-refractivity contribution in [3.05, 3.63) is 35.9 Å². The van der Waals surface area contributed by atoms with Crippen LogP contribution in [0.4, 0.5) is 0 Å². The van der Waals surface area contributed by atoms with Gasteiger partial charge in [-0.2, -0.15) is 0 Å². The summed E-state index contributed by atoms with van der Waals surface area (Å²) in [4.78, 5) is 26.6. The zero-order valence-electron chi connectivity index (χ0n) is 14.0. The smallest absolute Gasteiger partial charge is 0.227 e. The lowest BCUT2D eigenvalue weighted by atomic mass is 9.80. The summed E-state index contributed by atoms with van der Waals surface area (Å²) in [6, 6.07) is 9.70. The molecule has 0 aromatic heterocycles. The van der Waals surface area contributed by atoms with Gasteiger partial charge in [0.05, 0.1) is 17.9 Å². The van der Waals surface area contributed by atoms with Crippen LogP contribution in [0, 0.1) is 5.92 Å². The van der Waals surface area contributed by atoms with Crippen LogP contribution in [0.1, 0.15) is 37.7 Å². The van der Waals surface area contributed by atoms with E-state index in [4.69, 9.17) is 0 Å². The van der Waals surface area contributed by atoms with E-state index in [0.29, 0.717) is 19.5 Å². The number of hydrogen-bond acceptors (Lipinski definition) is 3. The Hall–Kier alpha value is -1.88. The van der Waals surface area contributed by atoms with Gasteiger partial charge >= 0.3 is 0 Å². The number of carbonyl (C=O) groups is 2. The summed E-state index contributed by atoms with van der Waals surface area (Å²) in [5, 5.41) is 13.0. The molecule has 0 radical (unpaired) electrons. The van der Waals surface area contributed by atoms with Crippen LogP contribution in [-0.4, -0.2) is 47.1 Å². The Labute approximate surface area is 143 Å². The van der Waals surface area contributed by atoms with Crippen molar-refractivity contribution in [1.29, 1.82) is 0 Å². The number of piperidine rings is 1. The molecule has 130 valence electrons. The molecule has 2 N–H and O–H groups in total. The predicted molar refractivity (Wildman–Crippen MR) is 91.3 cm³/mol. The summed E-state index contributed by atoms with van der Waals surface area (Å²) in [6.45, 7) is 1.54. The predicted octanol–water partition coefficient (Wildman–Crippen LogP) is 1.50. The van der Waals surface area contributed by atoms with Gasteiger partial charge < -0.3 is 15.3 Å². The minimum Gasteiger partial charge on any atom is -0.388 e. The van der Waals surface area contributed by atoms with Crippen molar-refractivity contribution in [2.24, 2.45) is 5.92 Å². The van der Waals surface area contributed by atoms with Crippen LogP contribution in [0.5, 0.6) is 0 Å². The van der Waals surface area contributed by atoms with Crippen molar-refractivity contribution in [2.75, 3.05) is 19.6 Å². The van der Waals surface area contributed by atoms with Gasteiger partial charge in [-0.25, -0.2) is 0 Å². The van der Waals surface area contributed by atoms with Gasteiger partial charge in [-0.1, -0.05) is 30.3 Å². The lowest BCUT2D eigenvalue weighted by Gasteiger charge is -2.37. The number of likely N-dealkylation sites (tertiary alicyclic amines) is 1. The van der Waals surface area contributed by atoms with Crippen molar-refractivity contribution in [1.82, 2.24) is 10.2 Å². The summed E-state index contributed by atoms with van der Waals surface area (Å²) in [7, 11) is 0. The van der Waals surface area contributed by atoms with Gasteiger partial charge in [0.2, 0.25) is 11.8 Å². The van der Waals surface area contributed by atoms with Crippen LogP contribution >= 0.6 is 0 Å². The van der Waals surface area contributed by atoms with Gasteiger partial charge in [0.1, 0.15) is 0 Å². The molecule has 1 heterocycles. The van der Waals surface area contributed by atoms with Gasteiger partial charge in [-0.05, 0) is 37.7 Å². The Morgan fingerprint density at radius 3 is 2.62 bits per heavy atom. The summed E-state index contributed by atoms with van der Waals surface area (Å²) >= 11 is 0. The molecule has 5 heteroatoms. The molecular weight excluding hydrogens is 304 g/mol. The minimum atomic E-state index is -0.701. The van der Waals surface area contributed by atoms with Crippen molar-refractivity contribution >= 4 is 11.8 Å². The number of rotatable bonds is 5. The molecule has 1 unspecified atom stereocenters. The Bertz CT molecular complexity index is 584. The maximum Gasteiger partial charge on any atom is 0.227 e. The average Bonchev–Trinajstić information content (AvgIpc) is 2.59. The number of nitrogens with one attached hydrogen (secondary N) is 1. The fourth-order valence-electron chi connectivity index (χ4n) is 3.46. The second-order valence-electron chi connectivity index (χ2n) is 7.14. The van der Waals surface area contributed by atoms with E-state index in [9.17, 15) is 14.7 Å². The highest BCUT2D eigenvalue weighted by Gasteiger charge is 2.36. The third kappa shape index (κ3) is 4.15. The number of nitrogens with zero attached hydrogens (tertiary/aromatic N) is 1. The summed E-state index contributed by atoms with van der Waals surface area (Å²) < 4.78 is 0. The number of hydrogen-bond donors (Lipinski definition) is 2. The van der Waals surface area contributed by atoms with E-state index in [1.54, 1.807) is 4.90 Å². The SMILES string of the molecule is O=C(NCC1(O)CCC1)C1CCCN(C(=O)Cc2ccccc2)C1. The van der Waals surface area contributed by atoms with Crippen LogP contribution < -0.4 is 5.32 Å². The Balaban J connectivity index is 1.50. The topological polar surface area (TPSA) is 69.6 Å². The highest BCUT2D eigenvalue weighted by molar-refractivity contribution is 5.82. The molecule has 24 heavy (non-hydrogen) atoms. The third-order valence-corrected chi connectivity index (χ3v) is 5.22. The first-order valence-electron chi connectivity index (χ1n) is 8.88. The highest BCUT2D eigenvalue weighted by Crippen LogP contribution is 2.30. The third-order valence-electron chi connectivity index (χ3n) is 5.22. The van der Waals surface area contributed by atoms with Crippen LogP contribution in [0.15, 0.2) is 30.3 Å². The normalized spacial score (nSPS) is 22.5. The molecule has 0 bridgehead atoms. The number of benzene rings is 1. The Kier molecular flexibility index (Phi) is 5.19. The van der Waals surface area contributed by atoms with E-state index < -0.39 is 5.60 Å². The van der Waals surface area contributed by atoms with Gasteiger partial charge in [0, 0.05) is 19.6 Å². The van der Waals surface area contributed by atoms with E-state index in [2.05, 4.69) is 5.32 Å². The maximum absolute atomic E-state index is 12.5. The van der Waals surface area contributed by atoms with Crippen LogP contribution in [-0.2, 0) is 16.0 Å². The first kappa shape index (κ1) is 17.0. The van der Waals surface area contributed by atoms with Gasteiger partial charge in [-0.3, -0.25) is 9.59 Å². The highest BCUT2D eigenvalue weighted by atomic mass is 16.3. The molecule has 1 atom stereocenters. The molecule has 1 aliphatic carbocycles. The van der Waals surface area contributed by atoms with E-state index in [0.717, 1.165) is 44.2 Å². The molecule has 2 aliphatic rings. The monoisotopic (exact) mass is 330 g/mol. The quantitative estimate of drug-likeness (QED) is 0.859. The van der Waals surface area contributed by atoms with E-state index >= 15 is 0 Å². The lowest BCUT2D eigenvalue weighted by Crippen LogP contribution is -2.51. The molecule has 1 saturated carbocycles. The summed E-state index contributed by atoms with van der Waals surface area (Å²) in [5.74, 6) is -0.119. The van der Waals surface area contributed by atoms with Crippen molar-refractivity contribution in [3.63, 3.8) is 0 Å². The fourth-order valence-corrected chi connectivity index (χ4v) is 3.46. The molecule has 1 aliphatic heterocycles. The van der Waals surface area contributed by atoms with Crippen LogP contribution in [0.3, 0.4) is 0 Å². The van der Waals surface area contributed by atoms with Crippen molar-refractivity contribution < 1.29 is 14.7 Å². The van der Waals surface area contributed by atoms with Crippen LogP contribution in [0.2, 0.25) is 0 Å². The van der Waals surface area contributed by atoms with Gasteiger partial charge in [0.15, 0.2) is 0 Å². The Morgan fingerprint density at radius 1 is 1.21 bits per heavy atom. The molecule has 1 aromatic carbocycles. The zero-order valence-corrected chi connectivity index (χ0v) is 14.0. The standard InChI is InChI=1S/C19H26N2O3/c22-17(12-15-6-2-1-3-7-15)21-11-4-8-16(13-21)18(23)20-14-19(24)9-5-10-19/h1-3,6-7,16,24H,4-5,8-14H2,(H,20,23). The van der Waals surface area contributed by atoms with E-state index in [1.165, 1.54) is 0 Å². The van der Waals surface area contributed by atoms with Gasteiger partial charge in [0.25, 0.3) is 0 Å². The fraction of sp³-hybridized carbons (Fsp3) is 0.579. The van der Waals surface area contributed by atoms with Crippen molar-refractivity contribution in [2.45, 2.75) is 44.1 Å². The summed E-state index contributed by atoms with van der Waals surface area (Å²) in [5.41, 5.74) is 0.300. The first-order chi connectivity index (χ1) is 11.6. The number of carbonyl (C=O) groups excluding carboxylic acids is 2. The first-order valence-corrected chi connectivity index (χ1v) is 8.88. The molecule has 1 aromatic rings. The molecule has 0 spiro atoms. The van der Waals surface area contributed by atoms with E-state index in [-0.39, 0.29) is 17.7 Å². The largest absolute Gasteiger partial charge is 0.388 e.